The molecule has 0 aliphatic heterocycles. The van der Waals surface area contributed by atoms with Crippen molar-refractivity contribution in [2.24, 2.45) is 0 Å². The largest absolute Gasteiger partial charge is 0.481 e. The third-order valence-corrected chi connectivity index (χ3v) is 1.13. The van der Waals surface area contributed by atoms with Crippen LogP contribution >= 0.6 is 7.82 Å². The maximum Gasteiger partial charge on any atom is 0.471 e. The highest BCUT2D eigenvalue weighted by Gasteiger charge is 2.21. The number of aliphatic hydroxyl groups is 1. The van der Waals surface area contributed by atoms with E-state index < -0.39 is 26.5 Å². The summed E-state index contributed by atoms with van der Waals surface area (Å²) >= 11 is 0. The zero-order valence-electron chi connectivity index (χ0n) is 5.25. The lowest BCUT2D eigenvalue weighted by Gasteiger charge is -2.09. The first-order chi connectivity index (χ1) is 4.81. The van der Waals surface area contributed by atoms with Gasteiger partial charge in [-0.2, -0.15) is 0 Å². The summed E-state index contributed by atoms with van der Waals surface area (Å²) in [5, 5.41) is 16.4. The average Bonchev–Trinajstić information content (AvgIpc) is 1.53. The van der Waals surface area contributed by atoms with E-state index in [4.69, 9.17) is 20.0 Å². The van der Waals surface area contributed by atoms with Crippen molar-refractivity contribution >= 4 is 13.8 Å². The van der Waals surface area contributed by atoms with Crippen molar-refractivity contribution < 1.29 is 33.9 Å². The van der Waals surface area contributed by atoms with E-state index in [0.717, 1.165) is 0 Å². The van der Waals surface area contributed by atoms with Gasteiger partial charge in [-0.05, 0) is 0 Å². The molecule has 4 N–H and O–H groups in total. The normalized spacial score (nSPS) is 14.5. The van der Waals surface area contributed by atoms with Crippen molar-refractivity contribution in [2.75, 3.05) is 0 Å². The lowest BCUT2D eigenvalue weighted by Crippen LogP contribution is -2.15. The van der Waals surface area contributed by atoms with Gasteiger partial charge in [0.25, 0.3) is 0 Å². The Balaban J connectivity index is 3.79. The average molecular weight is 186 g/mol. The number of rotatable bonds is 4. The van der Waals surface area contributed by atoms with Gasteiger partial charge >= 0.3 is 13.8 Å². The number of carbonyl (C=O) groups is 1. The van der Waals surface area contributed by atoms with Crippen LogP contribution in [0.4, 0.5) is 0 Å². The monoisotopic (exact) mass is 186 g/mol. The zero-order chi connectivity index (χ0) is 9.07. The first-order valence-electron chi connectivity index (χ1n) is 2.45. The number of aliphatic carboxylic acids is 1. The molecule has 0 radical (unpaired) electrons. The molecular weight excluding hydrogens is 179 g/mol. The first-order valence-corrected chi connectivity index (χ1v) is 3.98. The molecule has 1 atom stereocenters. The number of hydrogen-bond donors (Lipinski definition) is 4. The number of aliphatic hydroxyl groups excluding tert-OH is 1. The molecule has 0 aliphatic rings. The number of hydrogen-bond acceptors (Lipinski definition) is 4. The van der Waals surface area contributed by atoms with E-state index in [2.05, 4.69) is 4.52 Å². The van der Waals surface area contributed by atoms with Crippen LogP contribution in [0.3, 0.4) is 0 Å². The summed E-state index contributed by atoms with van der Waals surface area (Å²) in [5.41, 5.74) is 0. The minimum atomic E-state index is -4.79. The zero-order valence-corrected chi connectivity index (χ0v) is 6.14. The van der Waals surface area contributed by atoms with E-state index in [1.165, 1.54) is 0 Å². The van der Waals surface area contributed by atoms with Gasteiger partial charge in [0.05, 0.1) is 6.42 Å². The molecule has 7 nitrogen and oxygen atoms in total. The summed E-state index contributed by atoms with van der Waals surface area (Å²) in [4.78, 5) is 25.9. The summed E-state index contributed by atoms with van der Waals surface area (Å²) < 4.78 is 13.5. The van der Waals surface area contributed by atoms with Gasteiger partial charge in [-0.3, -0.25) is 9.32 Å². The van der Waals surface area contributed by atoms with Crippen LogP contribution in [0.2, 0.25) is 0 Å². The van der Waals surface area contributed by atoms with Crippen LogP contribution in [-0.2, 0) is 13.9 Å². The third-order valence-electron chi connectivity index (χ3n) is 0.608. The van der Waals surface area contributed by atoms with Gasteiger partial charge in [-0.25, -0.2) is 4.57 Å². The Morgan fingerprint density at radius 2 is 2.00 bits per heavy atom. The van der Waals surface area contributed by atoms with Crippen molar-refractivity contribution in [3.8, 4) is 0 Å². The van der Waals surface area contributed by atoms with Gasteiger partial charge in [-0.1, -0.05) is 0 Å². The molecule has 0 rings (SSSR count). The maximum absolute atomic E-state index is 9.94. The Morgan fingerprint density at radius 1 is 1.55 bits per heavy atom. The second kappa shape index (κ2) is 3.80. The van der Waals surface area contributed by atoms with Crippen molar-refractivity contribution in [1.29, 1.82) is 0 Å². The molecule has 0 aliphatic carbocycles. The highest BCUT2D eigenvalue weighted by Crippen LogP contribution is 2.37. The summed E-state index contributed by atoms with van der Waals surface area (Å²) in [7, 11) is -4.79. The molecule has 0 fully saturated rings. The first kappa shape index (κ1) is 10.5. The molecule has 0 heterocycles. The van der Waals surface area contributed by atoms with Crippen LogP contribution in [0, 0.1) is 0 Å². The number of phosphoric ester groups is 1. The fourth-order valence-electron chi connectivity index (χ4n) is 0.345. The van der Waals surface area contributed by atoms with Gasteiger partial charge in [0.1, 0.15) is 0 Å². The summed E-state index contributed by atoms with van der Waals surface area (Å²) in [6.45, 7) is 0. The topological polar surface area (TPSA) is 124 Å². The minimum absolute atomic E-state index is 0.870. The lowest BCUT2D eigenvalue weighted by molar-refractivity contribution is -0.144. The predicted molar refractivity (Wildman–Crippen MR) is 31.4 cm³/mol. The summed E-state index contributed by atoms with van der Waals surface area (Å²) in [5.74, 6) is -1.41. The van der Waals surface area contributed by atoms with Crippen molar-refractivity contribution in [2.45, 2.75) is 12.7 Å². The summed E-state index contributed by atoms with van der Waals surface area (Å²) in [6, 6.07) is 0. The molecule has 0 aromatic heterocycles. The SMILES string of the molecule is O=C(O)CC(O)OP(=O)(O)O. The van der Waals surface area contributed by atoms with Crippen LogP contribution in [-0.4, -0.2) is 32.3 Å². The van der Waals surface area contributed by atoms with Gasteiger partial charge in [0.2, 0.25) is 0 Å². The van der Waals surface area contributed by atoms with E-state index in [1.54, 1.807) is 0 Å². The van der Waals surface area contributed by atoms with Crippen LogP contribution in [0.1, 0.15) is 6.42 Å². The number of carboxylic acids is 1. The van der Waals surface area contributed by atoms with Crippen LogP contribution in [0.15, 0.2) is 0 Å². The Labute approximate surface area is 61.5 Å². The molecule has 0 spiro atoms. The van der Waals surface area contributed by atoms with E-state index in [1.807, 2.05) is 0 Å². The van der Waals surface area contributed by atoms with Crippen LogP contribution < -0.4 is 0 Å². The quantitative estimate of drug-likeness (QED) is 0.324. The molecule has 0 amide bonds. The predicted octanol–water partition coefficient (Wildman–Crippen LogP) is -1.11. The molecule has 66 valence electrons. The van der Waals surface area contributed by atoms with Gasteiger partial charge in [0.15, 0.2) is 6.29 Å². The molecule has 0 aromatic carbocycles. The number of phosphoric acid groups is 1. The molecule has 0 saturated heterocycles. The Morgan fingerprint density at radius 3 is 2.27 bits per heavy atom. The summed E-state index contributed by atoms with van der Waals surface area (Å²) in [6.07, 6.45) is -2.85. The fraction of sp³-hybridized carbons (Fsp3) is 0.667. The smallest absolute Gasteiger partial charge is 0.471 e. The van der Waals surface area contributed by atoms with E-state index in [0.29, 0.717) is 0 Å². The van der Waals surface area contributed by atoms with Crippen LogP contribution in [0.25, 0.3) is 0 Å². The van der Waals surface area contributed by atoms with Crippen LogP contribution in [0.5, 0.6) is 0 Å². The lowest BCUT2D eigenvalue weighted by atomic mass is 10.4. The highest BCUT2D eigenvalue weighted by atomic mass is 31.2. The van der Waals surface area contributed by atoms with Gasteiger partial charge in [0, 0.05) is 0 Å². The minimum Gasteiger partial charge on any atom is -0.481 e. The van der Waals surface area contributed by atoms with Crippen molar-refractivity contribution in [3.63, 3.8) is 0 Å². The van der Waals surface area contributed by atoms with Gasteiger partial charge in [-0.15, -0.1) is 0 Å². The molecule has 0 bridgehead atoms. The van der Waals surface area contributed by atoms with Crippen molar-refractivity contribution in [1.82, 2.24) is 0 Å². The van der Waals surface area contributed by atoms with E-state index >= 15 is 0 Å². The Kier molecular flexibility index (Phi) is 3.64. The molecule has 8 heteroatoms. The third kappa shape index (κ3) is 7.44. The molecule has 0 saturated carbocycles. The van der Waals surface area contributed by atoms with E-state index in [9.17, 15) is 9.36 Å². The number of carboxylic acid groups (broad SMARTS) is 1. The molecule has 0 aromatic rings. The van der Waals surface area contributed by atoms with Crippen molar-refractivity contribution in [3.05, 3.63) is 0 Å². The fourth-order valence-corrected chi connectivity index (χ4v) is 0.737. The van der Waals surface area contributed by atoms with E-state index in [-0.39, 0.29) is 0 Å². The molecule has 11 heavy (non-hydrogen) atoms. The standard InChI is InChI=1S/C3H7O7P/c4-2(5)1-3(6)10-11(7,8)9/h3,6H,1H2,(H,4,5)(H2,7,8,9). The second-order valence-corrected chi connectivity index (χ2v) is 2.84. The highest BCUT2D eigenvalue weighted by molar-refractivity contribution is 7.46. The maximum atomic E-state index is 9.94. The Hall–Kier alpha value is -0.460. The second-order valence-electron chi connectivity index (χ2n) is 1.65. The molecule has 1 unspecified atom stereocenters. The molecular formula is C3H7O7P. The van der Waals surface area contributed by atoms with Gasteiger partial charge < -0.3 is 20.0 Å². The Bertz CT molecular complexity index is 182.